The summed E-state index contributed by atoms with van der Waals surface area (Å²) >= 11 is 7.73. The number of carbonyl (C=O) groups is 2. The lowest BCUT2D eigenvalue weighted by molar-refractivity contribution is -0.133. The number of aromatic nitrogens is 1. The Morgan fingerprint density at radius 1 is 1.06 bits per heavy atom. The molecule has 0 radical (unpaired) electrons. The van der Waals surface area contributed by atoms with Gasteiger partial charge in [0, 0.05) is 36.6 Å². The van der Waals surface area contributed by atoms with Crippen LogP contribution in [0.2, 0.25) is 5.02 Å². The molecule has 9 heteroatoms. The Morgan fingerprint density at radius 3 is 2.52 bits per heavy atom. The predicted molar refractivity (Wildman–Crippen MR) is 128 cm³/mol. The molecule has 3 aromatic rings. The van der Waals surface area contributed by atoms with Gasteiger partial charge in [-0.2, -0.15) is 0 Å². The Kier molecular flexibility index (Phi) is 6.03. The molecule has 0 bridgehead atoms. The standard InChI is InChI=1S/C24H22ClFN4O2S/c25-18-3-1-2-4-19(18)29-11-13-30(14-12-29)23(32)17-9-10-20-21(17)27-24(33-20)28-22(31)15-5-7-16(26)8-6-15/h1-8,17H,9-14H2,(H,27,28,31). The molecule has 1 atom stereocenters. The van der Waals surface area contributed by atoms with Crippen molar-refractivity contribution in [3.8, 4) is 0 Å². The molecule has 1 unspecified atom stereocenters. The maximum Gasteiger partial charge on any atom is 0.257 e. The minimum absolute atomic E-state index is 0.0919. The van der Waals surface area contributed by atoms with E-state index in [0.717, 1.165) is 47.2 Å². The smallest absolute Gasteiger partial charge is 0.257 e. The third kappa shape index (κ3) is 4.45. The molecule has 2 heterocycles. The van der Waals surface area contributed by atoms with Crippen LogP contribution in [0.3, 0.4) is 0 Å². The van der Waals surface area contributed by atoms with Crippen LogP contribution in [0.25, 0.3) is 0 Å². The minimum atomic E-state index is -0.395. The molecule has 1 aliphatic heterocycles. The number of thiazole rings is 1. The molecule has 5 rings (SSSR count). The quantitative estimate of drug-likeness (QED) is 0.589. The summed E-state index contributed by atoms with van der Waals surface area (Å²) in [4.78, 5) is 35.4. The molecule has 1 N–H and O–H groups in total. The number of halogens is 2. The fourth-order valence-electron chi connectivity index (χ4n) is 4.39. The number of nitrogens with zero attached hydrogens (tertiary/aromatic N) is 3. The number of hydrogen-bond acceptors (Lipinski definition) is 5. The number of hydrogen-bond donors (Lipinski definition) is 1. The number of anilines is 2. The van der Waals surface area contributed by atoms with Crippen LogP contribution < -0.4 is 10.2 Å². The van der Waals surface area contributed by atoms with Crippen molar-refractivity contribution in [2.45, 2.75) is 18.8 Å². The first-order chi connectivity index (χ1) is 16.0. The van der Waals surface area contributed by atoms with Crippen LogP contribution in [-0.2, 0) is 11.2 Å². The molecule has 1 fully saturated rings. The molecule has 1 saturated heterocycles. The minimum Gasteiger partial charge on any atom is -0.367 e. The van der Waals surface area contributed by atoms with Gasteiger partial charge in [-0.1, -0.05) is 23.7 Å². The van der Waals surface area contributed by atoms with E-state index in [1.165, 1.54) is 35.6 Å². The van der Waals surface area contributed by atoms with E-state index in [9.17, 15) is 14.0 Å². The Bertz CT molecular complexity index is 1190. The SMILES string of the molecule is O=C(Nc1nc2c(s1)CCC2C(=O)N1CCN(c2ccccc2Cl)CC1)c1ccc(F)cc1. The van der Waals surface area contributed by atoms with Gasteiger partial charge in [-0.05, 0) is 49.2 Å². The Balaban J connectivity index is 1.23. The van der Waals surface area contributed by atoms with E-state index in [1.807, 2.05) is 29.2 Å². The van der Waals surface area contributed by atoms with Gasteiger partial charge in [0.1, 0.15) is 5.82 Å². The molecule has 33 heavy (non-hydrogen) atoms. The molecule has 0 saturated carbocycles. The van der Waals surface area contributed by atoms with Crippen molar-refractivity contribution in [2.24, 2.45) is 0 Å². The first-order valence-electron chi connectivity index (χ1n) is 10.8. The van der Waals surface area contributed by atoms with Gasteiger partial charge >= 0.3 is 0 Å². The Labute approximate surface area is 200 Å². The molecular weight excluding hydrogens is 463 g/mol. The van der Waals surface area contributed by atoms with Crippen molar-refractivity contribution in [2.75, 3.05) is 36.4 Å². The zero-order valence-corrected chi connectivity index (χ0v) is 19.3. The summed E-state index contributed by atoms with van der Waals surface area (Å²) in [5.74, 6) is -0.927. The normalized spacial score (nSPS) is 17.7. The van der Waals surface area contributed by atoms with Gasteiger partial charge < -0.3 is 9.80 Å². The van der Waals surface area contributed by atoms with Crippen LogP contribution in [0.4, 0.5) is 15.2 Å². The summed E-state index contributed by atoms with van der Waals surface area (Å²) < 4.78 is 13.1. The van der Waals surface area contributed by atoms with E-state index in [1.54, 1.807) is 0 Å². The number of amides is 2. The van der Waals surface area contributed by atoms with Gasteiger partial charge in [0.25, 0.3) is 5.91 Å². The van der Waals surface area contributed by atoms with Crippen LogP contribution >= 0.6 is 22.9 Å². The second-order valence-corrected chi connectivity index (χ2v) is 9.63. The van der Waals surface area contributed by atoms with Crippen molar-refractivity contribution < 1.29 is 14.0 Å². The second kappa shape index (κ2) is 9.11. The van der Waals surface area contributed by atoms with Crippen LogP contribution in [0, 0.1) is 5.82 Å². The molecule has 170 valence electrons. The lowest BCUT2D eigenvalue weighted by atomic mass is 10.1. The summed E-state index contributed by atoms with van der Waals surface area (Å²) in [5.41, 5.74) is 2.12. The number of rotatable bonds is 4. The topological polar surface area (TPSA) is 65.5 Å². The highest BCUT2D eigenvalue weighted by molar-refractivity contribution is 7.16. The number of fused-ring (bicyclic) bond motifs is 1. The molecule has 1 aliphatic carbocycles. The average molecular weight is 485 g/mol. The van der Waals surface area contributed by atoms with Gasteiger partial charge in [0.05, 0.1) is 22.3 Å². The van der Waals surface area contributed by atoms with Gasteiger partial charge in [-0.25, -0.2) is 9.37 Å². The summed E-state index contributed by atoms with van der Waals surface area (Å²) in [6, 6.07) is 13.1. The number of carbonyl (C=O) groups excluding carboxylic acids is 2. The lowest BCUT2D eigenvalue weighted by Crippen LogP contribution is -2.50. The van der Waals surface area contributed by atoms with Crippen LogP contribution in [0.1, 0.15) is 33.3 Å². The molecule has 2 aliphatic rings. The fraction of sp³-hybridized carbons (Fsp3) is 0.292. The van der Waals surface area contributed by atoms with E-state index in [4.69, 9.17) is 11.6 Å². The van der Waals surface area contributed by atoms with E-state index in [0.29, 0.717) is 23.8 Å². The third-order valence-corrected chi connectivity index (χ3v) is 7.49. The maximum absolute atomic E-state index is 13.3. The average Bonchev–Trinajstić information content (AvgIpc) is 3.40. The third-order valence-electron chi connectivity index (χ3n) is 6.13. The van der Waals surface area contributed by atoms with Crippen molar-refractivity contribution >= 4 is 45.6 Å². The van der Waals surface area contributed by atoms with Gasteiger partial charge in [-0.3, -0.25) is 14.9 Å². The van der Waals surface area contributed by atoms with E-state index < -0.39 is 5.82 Å². The van der Waals surface area contributed by atoms with Crippen molar-refractivity contribution in [1.82, 2.24) is 9.88 Å². The highest BCUT2D eigenvalue weighted by Gasteiger charge is 2.36. The lowest BCUT2D eigenvalue weighted by Gasteiger charge is -2.37. The summed E-state index contributed by atoms with van der Waals surface area (Å²) in [6.45, 7) is 2.72. The van der Waals surface area contributed by atoms with Gasteiger partial charge in [0.15, 0.2) is 5.13 Å². The number of aryl methyl sites for hydroxylation is 1. The number of nitrogens with one attached hydrogen (secondary N) is 1. The molecule has 2 aromatic carbocycles. The predicted octanol–water partition coefficient (Wildman–Crippen LogP) is 4.57. The molecular formula is C24H22ClFN4O2S. The van der Waals surface area contributed by atoms with Gasteiger partial charge in [-0.15, -0.1) is 11.3 Å². The van der Waals surface area contributed by atoms with E-state index >= 15 is 0 Å². The van der Waals surface area contributed by atoms with Crippen molar-refractivity contribution in [3.63, 3.8) is 0 Å². The monoisotopic (exact) mass is 484 g/mol. The summed E-state index contributed by atoms with van der Waals surface area (Å²) in [5, 5.41) is 3.96. The number of para-hydroxylation sites is 1. The largest absolute Gasteiger partial charge is 0.367 e. The molecule has 6 nitrogen and oxygen atoms in total. The molecule has 0 spiro atoms. The second-order valence-electron chi connectivity index (χ2n) is 8.14. The first-order valence-corrected chi connectivity index (χ1v) is 12.0. The maximum atomic E-state index is 13.3. The van der Waals surface area contributed by atoms with Crippen LogP contribution in [0.5, 0.6) is 0 Å². The van der Waals surface area contributed by atoms with Gasteiger partial charge in [0.2, 0.25) is 5.91 Å². The zero-order valence-electron chi connectivity index (χ0n) is 17.8. The van der Waals surface area contributed by atoms with Crippen LogP contribution in [-0.4, -0.2) is 47.9 Å². The number of piperazine rings is 1. The highest BCUT2D eigenvalue weighted by Crippen LogP contribution is 2.39. The van der Waals surface area contributed by atoms with E-state index in [2.05, 4.69) is 15.2 Å². The van der Waals surface area contributed by atoms with Crippen LogP contribution in [0.15, 0.2) is 48.5 Å². The Morgan fingerprint density at radius 2 is 1.79 bits per heavy atom. The fourth-order valence-corrected chi connectivity index (χ4v) is 5.68. The summed E-state index contributed by atoms with van der Waals surface area (Å²) in [6.07, 6.45) is 1.51. The summed E-state index contributed by atoms with van der Waals surface area (Å²) in [7, 11) is 0. The first kappa shape index (κ1) is 21.9. The molecule has 1 aromatic heterocycles. The number of benzene rings is 2. The van der Waals surface area contributed by atoms with E-state index in [-0.39, 0.29) is 17.7 Å². The van der Waals surface area contributed by atoms with Crippen molar-refractivity contribution in [3.05, 3.63) is 75.5 Å². The van der Waals surface area contributed by atoms with Crippen molar-refractivity contribution in [1.29, 1.82) is 0 Å². The Hall–Kier alpha value is -2.97. The molecule has 2 amide bonds. The zero-order chi connectivity index (χ0) is 22.9. The highest BCUT2D eigenvalue weighted by atomic mass is 35.5.